The number of Topliss-reactive ketones (excluding diaryl/α,β-unsaturated/α-hetero) is 1. The lowest BCUT2D eigenvalue weighted by atomic mass is 9.84. The van der Waals surface area contributed by atoms with Gasteiger partial charge in [0, 0.05) is 43.9 Å². The van der Waals surface area contributed by atoms with Gasteiger partial charge in [-0.1, -0.05) is 31.2 Å². The predicted octanol–water partition coefficient (Wildman–Crippen LogP) is 4.23. The Morgan fingerprint density at radius 2 is 1.91 bits per heavy atom. The molecule has 248 valence electrons. The first-order valence-electron chi connectivity index (χ1n) is 16.2. The van der Waals surface area contributed by atoms with Gasteiger partial charge in [0.05, 0.1) is 18.3 Å². The fourth-order valence-corrected chi connectivity index (χ4v) is 6.64. The van der Waals surface area contributed by atoms with E-state index in [4.69, 9.17) is 19.9 Å². The molecule has 45 heavy (non-hydrogen) atoms. The number of rotatable bonds is 8. The van der Waals surface area contributed by atoms with Crippen molar-refractivity contribution >= 4 is 23.5 Å². The van der Waals surface area contributed by atoms with Gasteiger partial charge >= 0.3 is 12.1 Å². The maximum Gasteiger partial charge on any atom is 0.410 e. The summed E-state index contributed by atoms with van der Waals surface area (Å²) in [6.07, 6.45) is 4.08. The Kier molecular flexibility index (Phi) is 11.6. The van der Waals surface area contributed by atoms with Gasteiger partial charge in [-0.15, -0.1) is 5.10 Å². The first-order valence-corrected chi connectivity index (χ1v) is 16.2. The van der Waals surface area contributed by atoms with Crippen molar-refractivity contribution in [2.24, 2.45) is 11.8 Å². The Hall–Kier alpha value is -3.51. The number of methoxy groups -OCH3 is 1. The number of unbranched alkanes of at least 4 members (excludes halogenated alkanes) is 1. The van der Waals surface area contributed by atoms with E-state index >= 15 is 0 Å². The molecule has 1 aromatic heterocycles. The fraction of sp³-hybridized carbons (Fsp3) is 0.667. The molecule has 1 amide bonds. The lowest BCUT2D eigenvalue weighted by molar-refractivity contribution is -0.169. The number of ketones is 1. The third-order valence-corrected chi connectivity index (χ3v) is 9.30. The van der Waals surface area contributed by atoms with Crippen LogP contribution in [0.5, 0.6) is 0 Å². The largest absolute Gasteiger partial charge is 0.458 e. The zero-order valence-electron chi connectivity index (χ0n) is 27.5. The number of anilines is 1. The minimum atomic E-state index is -1.12. The lowest BCUT2D eigenvalue weighted by Gasteiger charge is -2.40. The van der Waals surface area contributed by atoms with Crippen LogP contribution in [-0.4, -0.2) is 87.8 Å². The van der Waals surface area contributed by atoms with E-state index in [9.17, 15) is 14.4 Å². The normalized spacial score (nSPS) is 30.3. The number of aromatic nitrogens is 3. The number of hydrogen-bond donors (Lipinski definition) is 2. The van der Waals surface area contributed by atoms with Crippen molar-refractivity contribution in [2.45, 2.75) is 110 Å². The van der Waals surface area contributed by atoms with Crippen molar-refractivity contribution in [3.8, 4) is 11.3 Å². The number of carbonyl (C=O) groups is 3. The minimum Gasteiger partial charge on any atom is -0.458 e. The molecule has 0 radical (unpaired) electrons. The van der Waals surface area contributed by atoms with Gasteiger partial charge in [-0.05, 0) is 77.5 Å². The third-order valence-electron chi connectivity index (χ3n) is 9.30. The van der Waals surface area contributed by atoms with Crippen molar-refractivity contribution in [1.82, 2.24) is 25.2 Å². The number of benzene rings is 1. The van der Waals surface area contributed by atoms with Gasteiger partial charge in [0.15, 0.2) is 5.60 Å². The second kappa shape index (κ2) is 15.2. The number of nitrogens with zero attached hydrogens (tertiary/aromatic N) is 4. The summed E-state index contributed by atoms with van der Waals surface area (Å²) in [5.74, 6) is -1.43. The van der Waals surface area contributed by atoms with E-state index in [1.165, 1.54) is 0 Å². The monoisotopic (exact) mass is 626 g/mol. The van der Waals surface area contributed by atoms with Crippen molar-refractivity contribution in [2.75, 3.05) is 25.9 Å². The molecule has 4 rings (SSSR count). The molecule has 12 nitrogen and oxygen atoms in total. The topological polar surface area (TPSA) is 151 Å². The molecule has 0 aliphatic carbocycles. The molecule has 2 fully saturated rings. The summed E-state index contributed by atoms with van der Waals surface area (Å²) in [5.41, 5.74) is 7.12. The van der Waals surface area contributed by atoms with Crippen molar-refractivity contribution in [3.05, 3.63) is 30.5 Å². The number of ether oxygens (including phenoxy) is 3. The molecule has 0 unspecified atom stereocenters. The number of nitrogen functional groups attached to an aromatic ring is 1. The second-order valence-electron chi connectivity index (χ2n) is 12.8. The van der Waals surface area contributed by atoms with Crippen molar-refractivity contribution in [1.29, 1.82) is 0 Å². The van der Waals surface area contributed by atoms with Gasteiger partial charge in [0.1, 0.15) is 23.5 Å². The predicted molar refractivity (Wildman–Crippen MR) is 170 cm³/mol. The highest BCUT2D eigenvalue weighted by Crippen LogP contribution is 2.38. The van der Waals surface area contributed by atoms with Crippen LogP contribution >= 0.6 is 0 Å². The Morgan fingerprint density at radius 3 is 2.62 bits per heavy atom. The van der Waals surface area contributed by atoms with E-state index in [-0.39, 0.29) is 30.3 Å². The maximum absolute atomic E-state index is 13.5. The van der Waals surface area contributed by atoms with Crippen LogP contribution in [0, 0.1) is 11.8 Å². The molecule has 3 N–H and O–H groups in total. The summed E-state index contributed by atoms with van der Waals surface area (Å²) in [5, 5.41) is 12.2. The molecule has 3 heterocycles. The smallest absolute Gasteiger partial charge is 0.410 e. The molecule has 2 aliphatic rings. The van der Waals surface area contributed by atoms with Crippen LogP contribution in [0.1, 0.15) is 73.1 Å². The van der Waals surface area contributed by atoms with E-state index in [1.54, 1.807) is 23.6 Å². The Balaban J connectivity index is 1.49. The first-order chi connectivity index (χ1) is 21.5. The van der Waals surface area contributed by atoms with E-state index in [1.807, 2.05) is 51.2 Å². The van der Waals surface area contributed by atoms with Gasteiger partial charge in [-0.25, -0.2) is 4.79 Å². The van der Waals surface area contributed by atoms with Gasteiger partial charge in [-0.2, -0.15) is 0 Å². The average molecular weight is 627 g/mol. The molecule has 2 saturated heterocycles. The van der Waals surface area contributed by atoms with E-state index in [0.717, 1.165) is 24.1 Å². The Labute approximate surface area is 266 Å². The van der Waals surface area contributed by atoms with E-state index in [2.05, 4.69) is 22.6 Å². The summed E-state index contributed by atoms with van der Waals surface area (Å²) >= 11 is 0. The van der Waals surface area contributed by atoms with Crippen LogP contribution in [-0.2, 0) is 30.3 Å². The summed E-state index contributed by atoms with van der Waals surface area (Å²) in [7, 11) is 1.65. The van der Waals surface area contributed by atoms with Crippen LogP contribution in [0.2, 0.25) is 0 Å². The Morgan fingerprint density at radius 1 is 1.16 bits per heavy atom. The molecule has 0 bridgehead atoms. The number of carbonyl (C=O) groups excluding carboxylic acids is 3. The molecule has 12 heteroatoms. The van der Waals surface area contributed by atoms with Gasteiger partial charge in [0.2, 0.25) is 0 Å². The number of aryl methyl sites for hydroxylation is 1. The lowest BCUT2D eigenvalue weighted by Crippen LogP contribution is -2.60. The van der Waals surface area contributed by atoms with Gasteiger partial charge in [-0.3, -0.25) is 19.2 Å². The third kappa shape index (κ3) is 8.21. The Bertz CT molecular complexity index is 1320. The van der Waals surface area contributed by atoms with E-state index in [0.29, 0.717) is 44.6 Å². The standard InChI is InChI=1S/C33H50N6O6/c1-7-29-33(5)30(23(4)35-19-21(2)17-26(43-6)13-14-28(40)22(3)31(41)44-29)39(32(42)45-33)16-9-8-15-38-20-27(36-37-38)24-11-10-12-25(34)18-24/h10-12,18,20-23,26,29-30,35H,7-9,13-17,19,34H2,1-6H3/t21-,22-,23-,26+,29-,30-,33-/m1/s1. The number of amides is 1. The van der Waals surface area contributed by atoms with Crippen LogP contribution in [0.3, 0.4) is 0 Å². The van der Waals surface area contributed by atoms with Crippen LogP contribution in [0.25, 0.3) is 11.3 Å². The van der Waals surface area contributed by atoms with Crippen LogP contribution in [0.15, 0.2) is 30.5 Å². The molecule has 1 aromatic carbocycles. The molecule has 0 saturated carbocycles. The molecule has 2 aliphatic heterocycles. The molecule has 7 atom stereocenters. The highest BCUT2D eigenvalue weighted by atomic mass is 16.6. The van der Waals surface area contributed by atoms with Gasteiger partial charge in [0.25, 0.3) is 0 Å². The zero-order valence-corrected chi connectivity index (χ0v) is 27.5. The summed E-state index contributed by atoms with van der Waals surface area (Å²) < 4.78 is 19.5. The number of nitrogens with one attached hydrogen (secondary N) is 1. The quantitative estimate of drug-likeness (QED) is 0.189. The highest BCUT2D eigenvalue weighted by Gasteiger charge is 2.58. The van der Waals surface area contributed by atoms with Crippen molar-refractivity contribution < 1.29 is 28.6 Å². The summed E-state index contributed by atoms with van der Waals surface area (Å²) in [6, 6.07) is 6.94. The van der Waals surface area contributed by atoms with Crippen LogP contribution < -0.4 is 11.1 Å². The summed E-state index contributed by atoms with van der Waals surface area (Å²) in [6.45, 7) is 11.3. The number of hydrogen-bond acceptors (Lipinski definition) is 10. The fourth-order valence-electron chi connectivity index (χ4n) is 6.64. The maximum atomic E-state index is 13.5. The molecular weight excluding hydrogens is 576 g/mol. The zero-order chi connectivity index (χ0) is 32.7. The highest BCUT2D eigenvalue weighted by molar-refractivity contribution is 5.98. The molecule has 2 aromatic rings. The van der Waals surface area contributed by atoms with Crippen molar-refractivity contribution in [3.63, 3.8) is 0 Å². The molecular formula is C33H50N6O6. The van der Waals surface area contributed by atoms with E-state index < -0.39 is 35.7 Å². The van der Waals surface area contributed by atoms with Crippen LogP contribution in [0.4, 0.5) is 10.5 Å². The first kappa shape index (κ1) is 34.4. The number of esters is 1. The number of cyclic esters (lactones) is 1. The number of nitrogens with two attached hydrogens (primary N) is 1. The summed E-state index contributed by atoms with van der Waals surface area (Å²) in [4.78, 5) is 41.4. The number of fused-ring (bicyclic) bond motifs is 1. The minimum absolute atomic E-state index is 0.0946. The van der Waals surface area contributed by atoms with Gasteiger partial charge < -0.3 is 25.3 Å². The SMILES string of the molecule is CC[C@H]1OC(=O)[C@H](C)C(=O)CC[C@H](OC)C[C@@H](C)CN[C@H](C)[C@H]2N(CCCCn3cc(-c4cccc(N)c4)nn3)C(=O)O[C@]12C. The molecule has 0 spiro atoms. The average Bonchev–Trinajstić information content (AvgIpc) is 3.59. The second-order valence-corrected chi connectivity index (χ2v) is 12.8.